The first-order chi connectivity index (χ1) is 18.0. The van der Waals surface area contributed by atoms with Gasteiger partial charge in [-0.05, 0) is 31.2 Å². The maximum atomic E-state index is 16.3. The highest BCUT2D eigenvalue weighted by molar-refractivity contribution is 6.36. The van der Waals surface area contributed by atoms with Gasteiger partial charge >= 0.3 is 12.0 Å². The van der Waals surface area contributed by atoms with Crippen molar-refractivity contribution in [1.82, 2.24) is 20.3 Å². The van der Waals surface area contributed by atoms with E-state index in [1.54, 1.807) is 25.3 Å². The van der Waals surface area contributed by atoms with Crippen molar-refractivity contribution in [1.29, 1.82) is 0 Å². The summed E-state index contributed by atoms with van der Waals surface area (Å²) in [6.45, 7) is 3.02. The van der Waals surface area contributed by atoms with Crippen LogP contribution in [0.4, 0.5) is 10.2 Å². The molecule has 2 aliphatic rings. The number of aromatic nitrogens is 3. The highest BCUT2D eigenvalue weighted by Gasteiger charge is 2.34. The van der Waals surface area contributed by atoms with Crippen LogP contribution >= 0.6 is 11.6 Å². The minimum absolute atomic E-state index is 0.0730. The summed E-state index contributed by atoms with van der Waals surface area (Å²) < 4.78 is 26.8. The number of halogens is 2. The van der Waals surface area contributed by atoms with E-state index in [2.05, 4.69) is 25.2 Å². The first kappa shape index (κ1) is 23.8. The van der Waals surface area contributed by atoms with Gasteiger partial charge < -0.3 is 19.7 Å². The number of hydrogen-bond donors (Lipinski definition) is 1. The molecule has 2 atom stereocenters. The van der Waals surface area contributed by atoms with E-state index in [-0.39, 0.29) is 30.4 Å². The van der Waals surface area contributed by atoms with E-state index in [0.717, 1.165) is 31.3 Å². The van der Waals surface area contributed by atoms with Crippen molar-refractivity contribution >= 4 is 45.1 Å². The summed E-state index contributed by atoms with van der Waals surface area (Å²) >= 11 is 6.51. The molecule has 0 spiro atoms. The van der Waals surface area contributed by atoms with Crippen molar-refractivity contribution in [2.24, 2.45) is 0 Å². The number of rotatable bonds is 6. The molecule has 2 unspecified atom stereocenters. The molecule has 37 heavy (non-hydrogen) atoms. The van der Waals surface area contributed by atoms with Crippen LogP contribution in [0.15, 0.2) is 42.6 Å². The quantitative estimate of drug-likeness (QED) is 0.370. The molecule has 2 aromatic carbocycles. The lowest BCUT2D eigenvalue weighted by Gasteiger charge is -2.34. The van der Waals surface area contributed by atoms with Gasteiger partial charge in [-0.2, -0.15) is 9.97 Å². The van der Waals surface area contributed by atoms with Gasteiger partial charge in [-0.15, -0.1) is 0 Å². The van der Waals surface area contributed by atoms with Crippen LogP contribution in [-0.2, 0) is 9.53 Å². The van der Waals surface area contributed by atoms with Gasteiger partial charge in [0.05, 0.1) is 12.0 Å². The number of nitrogens with one attached hydrogen (secondary N) is 1. The second-order valence-electron chi connectivity index (χ2n) is 9.29. The average molecular weight is 522 g/mol. The highest BCUT2D eigenvalue weighted by atomic mass is 35.5. The number of fused-ring (bicyclic) bond motifs is 4. The Morgan fingerprint density at radius 1 is 1.16 bits per heavy atom. The maximum absolute atomic E-state index is 16.3. The molecule has 10 heteroatoms. The summed E-state index contributed by atoms with van der Waals surface area (Å²) in [5.41, 5.74) is 0.772. The molecule has 190 valence electrons. The van der Waals surface area contributed by atoms with Gasteiger partial charge in [0.15, 0.2) is 12.4 Å². The molecule has 2 aromatic heterocycles. The van der Waals surface area contributed by atoms with Crippen LogP contribution in [0.25, 0.3) is 32.9 Å². The first-order valence-electron chi connectivity index (χ1n) is 12.3. The zero-order valence-corrected chi connectivity index (χ0v) is 21.0. The van der Waals surface area contributed by atoms with Gasteiger partial charge in [0.25, 0.3) is 0 Å². The van der Waals surface area contributed by atoms with Crippen LogP contribution < -0.4 is 15.0 Å². The number of anilines is 1. The molecular formula is C27H25ClFN5O3. The molecule has 8 nitrogen and oxygen atoms in total. The summed E-state index contributed by atoms with van der Waals surface area (Å²) in [6.07, 6.45) is 3.77. The Morgan fingerprint density at radius 2 is 1.92 bits per heavy atom. The van der Waals surface area contributed by atoms with E-state index in [0.29, 0.717) is 39.3 Å². The zero-order valence-electron chi connectivity index (χ0n) is 20.2. The van der Waals surface area contributed by atoms with Crippen molar-refractivity contribution in [3.8, 4) is 17.3 Å². The summed E-state index contributed by atoms with van der Waals surface area (Å²) in [5, 5.41) is 6.17. The second kappa shape index (κ2) is 9.72. The maximum Gasteiger partial charge on any atom is 0.344 e. The Balaban J connectivity index is 1.49. The molecule has 2 fully saturated rings. The second-order valence-corrected chi connectivity index (χ2v) is 9.70. The third-order valence-corrected chi connectivity index (χ3v) is 7.21. The van der Waals surface area contributed by atoms with Gasteiger partial charge in [-0.25, -0.2) is 9.18 Å². The van der Waals surface area contributed by atoms with E-state index in [1.165, 1.54) is 0 Å². The van der Waals surface area contributed by atoms with E-state index >= 15 is 4.39 Å². The normalized spacial score (nSPS) is 18.9. The number of benzene rings is 2. The lowest BCUT2D eigenvalue weighted by atomic mass is 10.0. The van der Waals surface area contributed by atoms with E-state index in [1.807, 2.05) is 24.3 Å². The molecule has 0 saturated carbocycles. The van der Waals surface area contributed by atoms with Crippen molar-refractivity contribution in [2.75, 3.05) is 31.2 Å². The van der Waals surface area contributed by atoms with Gasteiger partial charge in [0.1, 0.15) is 17.0 Å². The number of ether oxygens (including phenoxy) is 2. The molecule has 2 saturated heterocycles. The molecule has 6 rings (SSSR count). The average Bonchev–Trinajstić information content (AvgIpc) is 3.24. The number of carbonyl (C=O) groups excluding carboxylic acids is 1. The number of hydrogen-bond acceptors (Lipinski definition) is 8. The number of nitrogens with zero attached hydrogens (tertiary/aromatic N) is 4. The van der Waals surface area contributed by atoms with Gasteiger partial charge in [-0.1, -0.05) is 41.9 Å². The summed E-state index contributed by atoms with van der Waals surface area (Å²) in [6, 6.07) is 11.7. The van der Waals surface area contributed by atoms with Crippen molar-refractivity contribution < 1.29 is 18.7 Å². The molecule has 2 aliphatic heterocycles. The Morgan fingerprint density at radius 3 is 2.68 bits per heavy atom. The fourth-order valence-electron chi connectivity index (χ4n) is 5.30. The van der Waals surface area contributed by atoms with E-state index in [9.17, 15) is 4.79 Å². The largest absolute Gasteiger partial charge is 0.463 e. The van der Waals surface area contributed by atoms with E-state index in [4.69, 9.17) is 21.1 Å². The molecular weight excluding hydrogens is 497 g/mol. The number of esters is 1. The van der Waals surface area contributed by atoms with Crippen LogP contribution in [0.5, 0.6) is 6.01 Å². The van der Waals surface area contributed by atoms with Crippen LogP contribution in [0, 0.1) is 5.82 Å². The molecule has 2 bridgehead atoms. The minimum Gasteiger partial charge on any atom is -0.463 e. The zero-order chi connectivity index (χ0) is 25.5. The van der Waals surface area contributed by atoms with Crippen LogP contribution in [-0.4, -0.2) is 59.3 Å². The van der Waals surface area contributed by atoms with Gasteiger partial charge in [-0.3, -0.25) is 4.98 Å². The van der Waals surface area contributed by atoms with Crippen molar-refractivity contribution in [3.63, 3.8) is 0 Å². The predicted molar refractivity (Wildman–Crippen MR) is 140 cm³/mol. The highest BCUT2D eigenvalue weighted by Crippen LogP contribution is 2.38. The summed E-state index contributed by atoms with van der Waals surface area (Å²) in [4.78, 5) is 27.5. The summed E-state index contributed by atoms with van der Waals surface area (Å²) in [7, 11) is 0. The molecule has 4 aromatic rings. The minimum atomic E-state index is -0.604. The van der Waals surface area contributed by atoms with Crippen LogP contribution in [0.3, 0.4) is 0 Å². The Kier molecular flexibility index (Phi) is 6.26. The third-order valence-electron chi connectivity index (χ3n) is 6.89. The van der Waals surface area contributed by atoms with Gasteiger partial charge in [0.2, 0.25) is 0 Å². The molecule has 4 heterocycles. The van der Waals surface area contributed by atoms with Crippen molar-refractivity contribution in [2.45, 2.75) is 31.8 Å². The van der Waals surface area contributed by atoms with Crippen LogP contribution in [0.1, 0.15) is 19.8 Å². The molecule has 0 aliphatic carbocycles. The van der Waals surface area contributed by atoms with Gasteiger partial charge in [0, 0.05) is 47.3 Å². The Labute approximate surface area is 217 Å². The van der Waals surface area contributed by atoms with E-state index < -0.39 is 11.8 Å². The predicted octanol–water partition coefficient (Wildman–Crippen LogP) is 4.52. The standard InChI is InChI=1S/C27H25ClFN5O3/c1-2-36-21(35)14-37-27-32-25-19(26(33-27)34-12-16-9-10-17(13-34)31-16)11-30-24(23(25)29)18-7-3-5-15-6-4-8-20(28)22(15)18/h3-8,11,16-17,31H,2,9-10,12-14H2,1H3. The number of carbonyl (C=O) groups is 1. The topological polar surface area (TPSA) is 89.5 Å². The first-order valence-corrected chi connectivity index (χ1v) is 12.7. The molecule has 1 N–H and O–H groups in total. The fraction of sp³-hybridized carbons (Fsp3) is 0.333. The summed E-state index contributed by atoms with van der Waals surface area (Å²) in [5.74, 6) is -0.613. The van der Waals surface area contributed by atoms with Crippen LogP contribution in [0.2, 0.25) is 5.02 Å². The van der Waals surface area contributed by atoms with Crippen molar-refractivity contribution in [3.05, 3.63) is 53.4 Å². The monoisotopic (exact) mass is 521 g/mol. The Bertz CT molecular complexity index is 1500. The lowest BCUT2D eigenvalue weighted by molar-refractivity contribution is -0.145. The molecule has 0 radical (unpaired) electrons. The molecule has 0 amide bonds. The fourth-order valence-corrected chi connectivity index (χ4v) is 5.59. The lowest BCUT2D eigenvalue weighted by Crippen LogP contribution is -2.51. The Hall–Kier alpha value is -3.56. The third kappa shape index (κ3) is 4.42. The SMILES string of the molecule is CCOC(=O)COc1nc(N2CC3CCC(C2)N3)c2cnc(-c3cccc4cccc(Cl)c34)c(F)c2n1. The smallest absolute Gasteiger partial charge is 0.344 e. The number of pyridine rings is 1. The number of piperazine rings is 1.